The molecule has 1 aromatic heterocycles. The van der Waals surface area contributed by atoms with Gasteiger partial charge in [0, 0.05) is 50.8 Å². The zero-order chi connectivity index (χ0) is 16.5. The van der Waals surface area contributed by atoms with Crippen LogP contribution in [0.25, 0.3) is 0 Å². The molecule has 3 heterocycles. The van der Waals surface area contributed by atoms with E-state index in [0.717, 1.165) is 50.1 Å². The Bertz CT molecular complexity index is 764. The number of carbonyl (C=O) groups excluding carboxylic acids is 1. The van der Waals surface area contributed by atoms with Crippen LogP contribution in [0.3, 0.4) is 0 Å². The minimum Gasteiger partial charge on any atom is -0.356 e. The van der Waals surface area contributed by atoms with Crippen LogP contribution < -0.4 is 9.80 Å². The fraction of sp³-hybridized carbons (Fsp3) is 0.421. The minimum atomic E-state index is 0.352. The second kappa shape index (κ2) is 6.23. The fourth-order valence-corrected chi connectivity index (χ4v) is 3.49. The molecule has 0 aliphatic carbocycles. The number of ketones is 1. The number of fused-ring (bicyclic) bond motifs is 1. The van der Waals surface area contributed by atoms with Gasteiger partial charge in [0.15, 0.2) is 0 Å². The molecule has 0 saturated carbocycles. The zero-order valence-electron chi connectivity index (χ0n) is 14.0. The Morgan fingerprint density at radius 1 is 0.917 bits per heavy atom. The second-order valence-corrected chi connectivity index (χ2v) is 6.63. The first-order valence-electron chi connectivity index (χ1n) is 8.63. The van der Waals surface area contributed by atoms with Crippen molar-refractivity contribution in [2.45, 2.75) is 32.7 Å². The molecule has 24 heavy (non-hydrogen) atoms. The molecule has 4 rings (SSSR count). The van der Waals surface area contributed by atoms with Gasteiger partial charge in [-0.25, -0.2) is 4.98 Å². The third-order valence-electron chi connectivity index (χ3n) is 4.89. The van der Waals surface area contributed by atoms with Crippen molar-refractivity contribution in [2.75, 3.05) is 29.4 Å². The lowest BCUT2D eigenvalue weighted by Gasteiger charge is -2.31. The predicted octanol–water partition coefficient (Wildman–Crippen LogP) is 2.52. The maximum absolute atomic E-state index is 11.5. The number of aromatic nitrogens is 2. The van der Waals surface area contributed by atoms with Crippen molar-refractivity contribution in [3.05, 3.63) is 47.2 Å². The molecule has 2 aliphatic heterocycles. The zero-order valence-corrected chi connectivity index (χ0v) is 14.0. The first kappa shape index (κ1) is 15.1. The summed E-state index contributed by atoms with van der Waals surface area (Å²) in [5.74, 6) is 2.10. The van der Waals surface area contributed by atoms with Crippen molar-refractivity contribution in [2.24, 2.45) is 0 Å². The molecule has 124 valence electrons. The average molecular weight is 322 g/mol. The number of hydrogen-bond donors (Lipinski definition) is 0. The number of Topliss-reactive ketones (excluding diaryl/α,β-unsaturated/α-hetero) is 1. The Morgan fingerprint density at radius 2 is 1.62 bits per heavy atom. The van der Waals surface area contributed by atoms with Crippen LogP contribution in [0.1, 0.15) is 29.7 Å². The van der Waals surface area contributed by atoms with Crippen molar-refractivity contribution in [1.82, 2.24) is 9.97 Å². The Labute approximate surface area is 142 Å². The van der Waals surface area contributed by atoms with Crippen LogP contribution in [0, 0.1) is 6.92 Å². The summed E-state index contributed by atoms with van der Waals surface area (Å²) >= 11 is 0. The van der Waals surface area contributed by atoms with E-state index < -0.39 is 0 Å². The van der Waals surface area contributed by atoms with Crippen LogP contribution in [0.2, 0.25) is 0 Å². The van der Waals surface area contributed by atoms with Gasteiger partial charge in [-0.05, 0) is 24.5 Å². The Hall–Kier alpha value is -2.43. The summed E-state index contributed by atoms with van der Waals surface area (Å²) in [4.78, 5) is 25.4. The molecule has 0 amide bonds. The van der Waals surface area contributed by atoms with Gasteiger partial charge in [0.25, 0.3) is 0 Å². The van der Waals surface area contributed by atoms with Crippen molar-refractivity contribution < 1.29 is 4.79 Å². The molecule has 2 aliphatic rings. The van der Waals surface area contributed by atoms with E-state index in [9.17, 15) is 4.79 Å². The number of anilines is 2. The van der Waals surface area contributed by atoms with Gasteiger partial charge in [-0.3, -0.25) is 4.79 Å². The number of benzene rings is 1. The fourth-order valence-electron chi connectivity index (χ4n) is 3.49. The van der Waals surface area contributed by atoms with Crippen molar-refractivity contribution >= 4 is 17.5 Å². The molecule has 0 N–H and O–H groups in total. The molecule has 5 heteroatoms. The monoisotopic (exact) mass is 322 g/mol. The summed E-state index contributed by atoms with van der Waals surface area (Å²) in [6.07, 6.45) is 2.27. The van der Waals surface area contributed by atoms with Crippen LogP contribution in [-0.2, 0) is 17.8 Å². The lowest BCUT2D eigenvalue weighted by Crippen LogP contribution is -2.36. The highest BCUT2D eigenvalue weighted by atomic mass is 16.1. The van der Waals surface area contributed by atoms with Crippen molar-refractivity contribution in [3.8, 4) is 0 Å². The SMILES string of the molecule is Cc1cc(N2CCC(=O)CC2)nc(N2CCc3ccccc3C2)n1. The van der Waals surface area contributed by atoms with E-state index >= 15 is 0 Å². The lowest BCUT2D eigenvalue weighted by atomic mass is 10.0. The van der Waals surface area contributed by atoms with Crippen molar-refractivity contribution in [1.29, 1.82) is 0 Å². The predicted molar refractivity (Wildman–Crippen MR) is 94.4 cm³/mol. The second-order valence-electron chi connectivity index (χ2n) is 6.63. The molecular weight excluding hydrogens is 300 g/mol. The Morgan fingerprint density at radius 3 is 2.42 bits per heavy atom. The molecule has 5 nitrogen and oxygen atoms in total. The molecular formula is C19H22N4O. The van der Waals surface area contributed by atoms with Gasteiger partial charge in [-0.1, -0.05) is 24.3 Å². The first-order valence-corrected chi connectivity index (χ1v) is 8.63. The summed E-state index contributed by atoms with van der Waals surface area (Å²) in [5, 5.41) is 0. The smallest absolute Gasteiger partial charge is 0.227 e. The van der Waals surface area contributed by atoms with Gasteiger partial charge in [0.05, 0.1) is 0 Å². The average Bonchev–Trinajstić information content (AvgIpc) is 2.61. The van der Waals surface area contributed by atoms with E-state index in [-0.39, 0.29) is 0 Å². The third kappa shape index (κ3) is 2.98. The maximum Gasteiger partial charge on any atom is 0.227 e. The number of rotatable bonds is 2. The number of hydrogen-bond acceptors (Lipinski definition) is 5. The summed E-state index contributed by atoms with van der Waals surface area (Å²) in [5.41, 5.74) is 3.76. The molecule has 1 fully saturated rings. The Kier molecular flexibility index (Phi) is 3.92. The molecule has 1 aromatic carbocycles. The first-order chi connectivity index (χ1) is 11.7. The quantitative estimate of drug-likeness (QED) is 0.850. The van der Waals surface area contributed by atoms with Gasteiger partial charge in [-0.2, -0.15) is 4.98 Å². The topological polar surface area (TPSA) is 49.3 Å². The molecule has 0 bridgehead atoms. The Balaban J connectivity index is 1.59. The van der Waals surface area contributed by atoms with E-state index in [0.29, 0.717) is 18.6 Å². The largest absolute Gasteiger partial charge is 0.356 e. The summed E-state index contributed by atoms with van der Waals surface area (Å²) in [6, 6.07) is 10.6. The van der Waals surface area contributed by atoms with Gasteiger partial charge in [0.1, 0.15) is 11.6 Å². The highest BCUT2D eigenvalue weighted by Crippen LogP contribution is 2.25. The highest BCUT2D eigenvalue weighted by Gasteiger charge is 2.22. The summed E-state index contributed by atoms with van der Waals surface area (Å²) < 4.78 is 0. The van der Waals surface area contributed by atoms with E-state index in [4.69, 9.17) is 4.98 Å². The normalized spacial score (nSPS) is 17.8. The maximum atomic E-state index is 11.5. The summed E-state index contributed by atoms with van der Waals surface area (Å²) in [6.45, 7) is 5.34. The van der Waals surface area contributed by atoms with E-state index in [1.54, 1.807) is 0 Å². The van der Waals surface area contributed by atoms with Crippen LogP contribution >= 0.6 is 0 Å². The van der Waals surface area contributed by atoms with E-state index in [1.165, 1.54) is 11.1 Å². The van der Waals surface area contributed by atoms with Crippen LogP contribution in [0.5, 0.6) is 0 Å². The number of aryl methyl sites for hydroxylation is 1. The molecule has 0 radical (unpaired) electrons. The molecule has 0 unspecified atom stereocenters. The van der Waals surface area contributed by atoms with Gasteiger partial charge < -0.3 is 9.80 Å². The molecule has 0 atom stereocenters. The summed E-state index contributed by atoms with van der Waals surface area (Å²) in [7, 11) is 0. The highest BCUT2D eigenvalue weighted by molar-refractivity contribution is 5.80. The number of carbonyl (C=O) groups is 1. The molecule has 2 aromatic rings. The number of nitrogens with zero attached hydrogens (tertiary/aromatic N) is 4. The third-order valence-corrected chi connectivity index (χ3v) is 4.89. The molecule has 0 spiro atoms. The molecule has 1 saturated heterocycles. The minimum absolute atomic E-state index is 0.352. The van der Waals surface area contributed by atoms with E-state index in [1.807, 2.05) is 13.0 Å². The van der Waals surface area contributed by atoms with Gasteiger partial charge >= 0.3 is 0 Å². The lowest BCUT2D eigenvalue weighted by molar-refractivity contribution is -0.119. The van der Waals surface area contributed by atoms with Gasteiger partial charge in [0.2, 0.25) is 5.95 Å². The van der Waals surface area contributed by atoms with Gasteiger partial charge in [-0.15, -0.1) is 0 Å². The van der Waals surface area contributed by atoms with Crippen LogP contribution in [0.4, 0.5) is 11.8 Å². The van der Waals surface area contributed by atoms with Crippen LogP contribution in [-0.4, -0.2) is 35.4 Å². The number of piperidine rings is 1. The standard InChI is InChI=1S/C19H22N4O/c1-14-12-18(22-10-7-17(24)8-11-22)21-19(20-14)23-9-6-15-4-2-3-5-16(15)13-23/h2-5,12H,6-11,13H2,1H3. The van der Waals surface area contributed by atoms with Crippen LogP contribution in [0.15, 0.2) is 30.3 Å². The van der Waals surface area contributed by atoms with E-state index in [2.05, 4.69) is 39.0 Å². The van der Waals surface area contributed by atoms with Crippen molar-refractivity contribution in [3.63, 3.8) is 0 Å².